The van der Waals surface area contributed by atoms with Crippen molar-refractivity contribution in [1.29, 1.82) is 0 Å². The Morgan fingerprint density at radius 2 is 2.10 bits per heavy atom. The molecule has 1 N–H and O–H groups in total. The molecule has 0 spiro atoms. The van der Waals surface area contributed by atoms with Crippen LogP contribution in [0.4, 0.5) is 5.82 Å². The molecule has 2 heterocycles. The first-order valence-corrected chi connectivity index (χ1v) is 7.28. The van der Waals surface area contributed by atoms with E-state index in [0.717, 1.165) is 42.4 Å². The Morgan fingerprint density at radius 3 is 2.57 bits per heavy atom. The van der Waals surface area contributed by atoms with Crippen LogP contribution in [0.25, 0.3) is 5.82 Å². The third-order valence-electron chi connectivity index (χ3n) is 4.17. The molecular weight excluding hydrogens is 266 g/mol. The minimum absolute atomic E-state index is 0.0178. The summed E-state index contributed by atoms with van der Waals surface area (Å²) in [7, 11) is 1.78. The number of nitrogens with zero attached hydrogens (tertiary/aromatic N) is 4. The van der Waals surface area contributed by atoms with E-state index in [1.165, 1.54) is 6.42 Å². The lowest BCUT2D eigenvalue weighted by Crippen LogP contribution is -2.45. The summed E-state index contributed by atoms with van der Waals surface area (Å²) in [5.41, 5.74) is 2.01. The van der Waals surface area contributed by atoms with Gasteiger partial charge in [0.25, 0.3) is 0 Å². The first-order valence-electron chi connectivity index (χ1n) is 7.28. The van der Waals surface area contributed by atoms with Gasteiger partial charge in [-0.3, -0.25) is 0 Å². The number of hydrogen-bond donors (Lipinski definition) is 1. The van der Waals surface area contributed by atoms with Crippen molar-refractivity contribution in [1.82, 2.24) is 20.0 Å². The normalized spacial score (nSPS) is 16.5. The minimum Gasteiger partial charge on any atom is -0.376 e. The highest BCUT2D eigenvalue weighted by atomic mass is 16.5. The van der Waals surface area contributed by atoms with E-state index in [2.05, 4.69) is 20.6 Å². The van der Waals surface area contributed by atoms with Crippen molar-refractivity contribution in [2.24, 2.45) is 0 Å². The van der Waals surface area contributed by atoms with Crippen LogP contribution >= 0.6 is 0 Å². The highest BCUT2D eigenvalue weighted by Gasteiger charge is 2.36. The first kappa shape index (κ1) is 14.0. The highest BCUT2D eigenvalue weighted by molar-refractivity contribution is 5.37. The minimum atomic E-state index is -0.0178. The molecule has 3 rings (SSSR count). The third-order valence-corrected chi connectivity index (χ3v) is 4.17. The molecule has 0 bridgehead atoms. The second-order valence-electron chi connectivity index (χ2n) is 5.71. The van der Waals surface area contributed by atoms with E-state index in [0.29, 0.717) is 0 Å². The quantitative estimate of drug-likeness (QED) is 0.913. The highest BCUT2D eigenvalue weighted by Crippen LogP contribution is 2.34. The Balaban J connectivity index is 1.68. The van der Waals surface area contributed by atoms with Crippen molar-refractivity contribution in [3.63, 3.8) is 0 Å². The fourth-order valence-corrected chi connectivity index (χ4v) is 2.67. The van der Waals surface area contributed by atoms with E-state index < -0.39 is 0 Å². The lowest BCUT2D eigenvalue weighted by Gasteiger charge is -2.40. The topological polar surface area (TPSA) is 64.9 Å². The maximum Gasteiger partial charge on any atom is 0.176 e. The smallest absolute Gasteiger partial charge is 0.176 e. The van der Waals surface area contributed by atoms with Gasteiger partial charge in [0.1, 0.15) is 5.82 Å². The molecule has 21 heavy (non-hydrogen) atoms. The number of ether oxygens (including phenoxy) is 1. The summed E-state index contributed by atoms with van der Waals surface area (Å²) in [6.45, 7) is 4.75. The van der Waals surface area contributed by atoms with Crippen LogP contribution in [0.2, 0.25) is 0 Å². The van der Waals surface area contributed by atoms with Crippen LogP contribution in [-0.4, -0.2) is 39.2 Å². The summed E-state index contributed by atoms with van der Waals surface area (Å²) in [4.78, 5) is 0. The largest absolute Gasteiger partial charge is 0.376 e. The van der Waals surface area contributed by atoms with Gasteiger partial charge in [-0.2, -0.15) is 5.10 Å². The molecule has 6 nitrogen and oxygen atoms in total. The molecule has 0 aromatic carbocycles. The summed E-state index contributed by atoms with van der Waals surface area (Å²) in [5.74, 6) is 1.50. The molecule has 1 aliphatic carbocycles. The third kappa shape index (κ3) is 2.76. The van der Waals surface area contributed by atoms with Gasteiger partial charge in [0.2, 0.25) is 0 Å². The molecule has 0 amide bonds. The van der Waals surface area contributed by atoms with Crippen LogP contribution in [0.5, 0.6) is 0 Å². The van der Waals surface area contributed by atoms with Gasteiger partial charge in [0.05, 0.1) is 11.3 Å². The Kier molecular flexibility index (Phi) is 3.63. The van der Waals surface area contributed by atoms with Crippen LogP contribution in [0, 0.1) is 13.8 Å². The maximum atomic E-state index is 5.58. The lowest BCUT2D eigenvalue weighted by molar-refractivity contribution is -0.0601. The van der Waals surface area contributed by atoms with Crippen LogP contribution in [-0.2, 0) is 4.74 Å². The van der Waals surface area contributed by atoms with E-state index in [9.17, 15) is 0 Å². The molecule has 1 saturated carbocycles. The zero-order chi connectivity index (χ0) is 14.9. The zero-order valence-corrected chi connectivity index (χ0v) is 12.8. The maximum absolute atomic E-state index is 5.58. The lowest BCUT2D eigenvalue weighted by atomic mass is 9.80. The van der Waals surface area contributed by atoms with E-state index in [4.69, 9.17) is 4.74 Å². The van der Waals surface area contributed by atoms with Crippen molar-refractivity contribution >= 4 is 5.82 Å². The summed E-state index contributed by atoms with van der Waals surface area (Å²) < 4.78 is 7.38. The number of rotatable bonds is 5. The SMILES string of the molecule is COC1(CNc2ccc(-n3nc(C)cc3C)nn2)CCC1. The second kappa shape index (κ2) is 5.44. The molecule has 2 aromatic heterocycles. The van der Waals surface area contributed by atoms with Gasteiger partial charge in [0, 0.05) is 19.3 Å². The Bertz CT molecular complexity index is 610. The monoisotopic (exact) mass is 287 g/mol. The Labute approximate surface area is 124 Å². The molecule has 0 aliphatic heterocycles. The molecule has 0 unspecified atom stereocenters. The van der Waals surface area contributed by atoms with Gasteiger partial charge in [-0.1, -0.05) is 0 Å². The molecule has 2 aromatic rings. The summed E-state index contributed by atoms with van der Waals surface area (Å²) in [6.07, 6.45) is 3.44. The van der Waals surface area contributed by atoms with Crippen LogP contribution in [0.1, 0.15) is 30.7 Å². The molecule has 1 aliphatic rings. The van der Waals surface area contributed by atoms with E-state index in [-0.39, 0.29) is 5.60 Å². The molecule has 0 radical (unpaired) electrons. The van der Waals surface area contributed by atoms with Crippen LogP contribution < -0.4 is 5.32 Å². The fraction of sp³-hybridized carbons (Fsp3) is 0.533. The number of hydrogen-bond acceptors (Lipinski definition) is 5. The van der Waals surface area contributed by atoms with Crippen molar-refractivity contribution < 1.29 is 4.74 Å². The second-order valence-corrected chi connectivity index (χ2v) is 5.71. The number of methoxy groups -OCH3 is 1. The van der Waals surface area contributed by atoms with Gasteiger partial charge in [-0.05, 0) is 51.3 Å². The molecule has 6 heteroatoms. The molecular formula is C15H21N5O. The Hall–Kier alpha value is -1.95. The van der Waals surface area contributed by atoms with Crippen molar-refractivity contribution in [3.05, 3.63) is 29.6 Å². The molecule has 0 saturated heterocycles. The molecule has 112 valence electrons. The van der Waals surface area contributed by atoms with Crippen molar-refractivity contribution in [3.8, 4) is 5.82 Å². The fourth-order valence-electron chi connectivity index (χ4n) is 2.67. The number of anilines is 1. The summed E-state index contributed by atoms with van der Waals surface area (Å²) >= 11 is 0. The average Bonchev–Trinajstić information content (AvgIpc) is 2.78. The summed E-state index contributed by atoms with van der Waals surface area (Å²) in [6, 6.07) is 5.88. The average molecular weight is 287 g/mol. The Morgan fingerprint density at radius 1 is 1.29 bits per heavy atom. The first-order chi connectivity index (χ1) is 10.1. The van der Waals surface area contributed by atoms with Crippen molar-refractivity contribution in [2.45, 2.75) is 38.7 Å². The number of aryl methyl sites for hydroxylation is 2. The standard InChI is InChI=1S/C15H21N5O/c1-11-9-12(2)20(19-11)14-6-5-13(17-18-14)16-10-15(21-3)7-4-8-15/h5-6,9H,4,7-8,10H2,1-3H3,(H,16,17). The molecule has 0 atom stereocenters. The number of nitrogens with one attached hydrogen (secondary N) is 1. The van der Waals surface area contributed by atoms with Crippen molar-refractivity contribution in [2.75, 3.05) is 19.0 Å². The predicted molar refractivity (Wildman–Crippen MR) is 80.7 cm³/mol. The van der Waals surface area contributed by atoms with Gasteiger partial charge in [-0.25, -0.2) is 4.68 Å². The van der Waals surface area contributed by atoms with Gasteiger partial charge >= 0.3 is 0 Å². The van der Waals surface area contributed by atoms with Crippen LogP contribution in [0.3, 0.4) is 0 Å². The van der Waals surface area contributed by atoms with E-state index in [1.54, 1.807) is 11.8 Å². The van der Waals surface area contributed by atoms with Gasteiger partial charge in [-0.15, -0.1) is 10.2 Å². The van der Waals surface area contributed by atoms with Gasteiger partial charge in [0.15, 0.2) is 5.82 Å². The van der Waals surface area contributed by atoms with Crippen LogP contribution in [0.15, 0.2) is 18.2 Å². The van der Waals surface area contributed by atoms with Gasteiger partial charge < -0.3 is 10.1 Å². The zero-order valence-electron chi connectivity index (χ0n) is 12.8. The molecule has 1 fully saturated rings. The van der Waals surface area contributed by atoms with E-state index in [1.807, 2.05) is 32.0 Å². The predicted octanol–water partition coefficient (Wildman–Crippen LogP) is 2.26. The van der Waals surface area contributed by atoms with E-state index >= 15 is 0 Å². The number of aromatic nitrogens is 4. The summed E-state index contributed by atoms with van der Waals surface area (Å²) in [5, 5.41) is 16.2.